The van der Waals surface area contributed by atoms with E-state index in [9.17, 15) is 18.0 Å². The predicted octanol–water partition coefficient (Wildman–Crippen LogP) is 1.15. The minimum atomic E-state index is -4.54. The lowest BCUT2D eigenvalue weighted by molar-refractivity contribution is -0.137. The third-order valence-electron chi connectivity index (χ3n) is 3.40. The van der Waals surface area contributed by atoms with E-state index in [0.717, 1.165) is 16.7 Å². The molecule has 26 heavy (non-hydrogen) atoms. The summed E-state index contributed by atoms with van der Waals surface area (Å²) >= 11 is 5.86. The number of carbonyl (C=O) groups is 1. The first kappa shape index (κ1) is 19.8. The van der Waals surface area contributed by atoms with Crippen LogP contribution in [0.15, 0.2) is 17.3 Å². The molecule has 0 aliphatic heterocycles. The van der Waals surface area contributed by atoms with Gasteiger partial charge in [-0.05, 0) is 6.07 Å². The fraction of sp³-hybridized carbons (Fsp3) is 0.429. The van der Waals surface area contributed by atoms with Crippen molar-refractivity contribution in [2.75, 3.05) is 27.7 Å². The molecule has 0 unspecified atom stereocenters. The lowest BCUT2D eigenvalue weighted by Crippen LogP contribution is -2.42. The summed E-state index contributed by atoms with van der Waals surface area (Å²) in [6.07, 6.45) is -3.67. The second-order valence-electron chi connectivity index (χ2n) is 5.45. The van der Waals surface area contributed by atoms with Crippen LogP contribution in [0.25, 0.3) is 5.65 Å². The van der Waals surface area contributed by atoms with Gasteiger partial charge in [-0.1, -0.05) is 11.6 Å². The summed E-state index contributed by atoms with van der Waals surface area (Å²) < 4.78 is 40.0. The van der Waals surface area contributed by atoms with Crippen LogP contribution in [0, 0.1) is 0 Å². The normalized spacial score (nSPS) is 12.3. The van der Waals surface area contributed by atoms with Crippen molar-refractivity contribution in [1.29, 1.82) is 0 Å². The van der Waals surface area contributed by atoms with Crippen molar-refractivity contribution in [2.45, 2.75) is 12.7 Å². The summed E-state index contributed by atoms with van der Waals surface area (Å²) in [4.78, 5) is 16.9. The van der Waals surface area contributed by atoms with E-state index < -0.39 is 11.7 Å². The molecule has 2 N–H and O–H groups in total. The Labute approximate surface area is 152 Å². The van der Waals surface area contributed by atoms with E-state index in [2.05, 4.69) is 25.8 Å². The monoisotopic (exact) mass is 391 g/mol. The minimum absolute atomic E-state index is 0.0112. The van der Waals surface area contributed by atoms with Gasteiger partial charge in [0, 0.05) is 27.3 Å². The molecule has 2 rings (SSSR count). The van der Waals surface area contributed by atoms with Crippen LogP contribution < -0.4 is 10.6 Å². The van der Waals surface area contributed by atoms with Crippen LogP contribution in [0.5, 0.6) is 0 Å². The molecule has 0 saturated carbocycles. The molecule has 0 atom stereocenters. The molecular formula is C14H17ClF3N7O. The standard InChI is InChI=1S/C14H17ClF3N7O/c1-19-13(21-6-11(26)24(2)3)20-5-10-22-23-12-9(15)4-8(7-25(10)12)14(16,17)18/h4,7H,5-6H2,1-3H3,(H2,19,20,21). The SMILES string of the molecule is CN=C(NCC(=O)N(C)C)NCc1nnc2c(Cl)cc(C(F)(F)F)cn12. The molecule has 0 aliphatic rings. The van der Waals surface area contributed by atoms with E-state index >= 15 is 0 Å². The number of carbonyl (C=O) groups excluding carboxylic acids is 1. The lowest BCUT2D eigenvalue weighted by Gasteiger charge is -2.14. The molecule has 8 nitrogen and oxygen atoms in total. The molecule has 0 radical (unpaired) electrons. The van der Waals surface area contributed by atoms with Crippen molar-refractivity contribution in [1.82, 2.24) is 30.1 Å². The fourth-order valence-corrected chi connectivity index (χ4v) is 2.22. The van der Waals surface area contributed by atoms with Crippen molar-refractivity contribution in [3.63, 3.8) is 0 Å². The van der Waals surface area contributed by atoms with Crippen molar-refractivity contribution >= 4 is 29.1 Å². The average Bonchev–Trinajstić information content (AvgIpc) is 2.97. The van der Waals surface area contributed by atoms with Crippen LogP contribution in [0.2, 0.25) is 5.02 Å². The number of alkyl halides is 3. The van der Waals surface area contributed by atoms with E-state index in [0.29, 0.717) is 0 Å². The first-order valence-electron chi connectivity index (χ1n) is 7.38. The van der Waals surface area contributed by atoms with Crippen LogP contribution in [-0.4, -0.2) is 59.1 Å². The van der Waals surface area contributed by atoms with Gasteiger partial charge in [-0.15, -0.1) is 10.2 Å². The summed E-state index contributed by atoms with van der Waals surface area (Å²) in [5, 5.41) is 13.1. The van der Waals surface area contributed by atoms with Gasteiger partial charge in [0.15, 0.2) is 17.4 Å². The fourth-order valence-electron chi connectivity index (χ4n) is 1.98. The predicted molar refractivity (Wildman–Crippen MR) is 89.9 cm³/mol. The molecule has 0 aromatic carbocycles. The molecule has 0 aliphatic carbocycles. The number of pyridine rings is 1. The number of hydrogen-bond donors (Lipinski definition) is 2. The van der Waals surface area contributed by atoms with E-state index in [1.54, 1.807) is 14.1 Å². The highest BCUT2D eigenvalue weighted by Gasteiger charge is 2.32. The molecule has 12 heteroatoms. The van der Waals surface area contributed by atoms with Crippen LogP contribution >= 0.6 is 11.6 Å². The van der Waals surface area contributed by atoms with Gasteiger partial charge in [0.05, 0.1) is 23.7 Å². The highest BCUT2D eigenvalue weighted by molar-refractivity contribution is 6.33. The Balaban J connectivity index is 2.15. The largest absolute Gasteiger partial charge is 0.417 e. The zero-order valence-electron chi connectivity index (χ0n) is 14.2. The van der Waals surface area contributed by atoms with Gasteiger partial charge < -0.3 is 15.5 Å². The van der Waals surface area contributed by atoms with Gasteiger partial charge in [0.2, 0.25) is 5.91 Å². The quantitative estimate of drug-likeness (QED) is 0.603. The third-order valence-corrected chi connectivity index (χ3v) is 3.68. The molecule has 0 fully saturated rings. The van der Waals surface area contributed by atoms with E-state index in [1.165, 1.54) is 11.9 Å². The summed E-state index contributed by atoms with van der Waals surface area (Å²) in [6, 6.07) is 0.802. The molecule has 2 aromatic heterocycles. The van der Waals surface area contributed by atoms with Crippen LogP contribution in [0.3, 0.4) is 0 Å². The van der Waals surface area contributed by atoms with E-state index in [-0.39, 0.29) is 41.5 Å². The zero-order chi connectivity index (χ0) is 19.5. The van der Waals surface area contributed by atoms with E-state index in [4.69, 9.17) is 11.6 Å². The van der Waals surface area contributed by atoms with Gasteiger partial charge in [-0.25, -0.2) is 0 Å². The number of hydrogen-bond acceptors (Lipinski definition) is 4. The number of aromatic nitrogens is 3. The van der Waals surface area contributed by atoms with Crippen molar-refractivity contribution in [3.05, 3.63) is 28.7 Å². The Hall–Kier alpha value is -2.56. The molecular weight excluding hydrogens is 375 g/mol. The molecule has 0 saturated heterocycles. The molecule has 2 heterocycles. The molecule has 2 aromatic rings. The second-order valence-corrected chi connectivity index (χ2v) is 5.86. The number of aliphatic imine (C=N–C) groups is 1. The molecule has 1 amide bonds. The summed E-state index contributed by atoms with van der Waals surface area (Å²) in [5.74, 6) is 0.326. The van der Waals surface area contributed by atoms with Crippen molar-refractivity contribution < 1.29 is 18.0 Å². The van der Waals surface area contributed by atoms with Crippen LogP contribution in [0.4, 0.5) is 13.2 Å². The summed E-state index contributed by atoms with van der Waals surface area (Å²) in [5.41, 5.74) is -0.794. The second kappa shape index (κ2) is 7.77. The van der Waals surface area contributed by atoms with Crippen molar-refractivity contribution in [3.8, 4) is 0 Å². The Kier molecular flexibility index (Phi) is 5.90. The maximum Gasteiger partial charge on any atom is 0.417 e. The number of fused-ring (bicyclic) bond motifs is 1. The summed E-state index contributed by atoms with van der Waals surface area (Å²) in [7, 11) is 4.73. The van der Waals surface area contributed by atoms with Gasteiger partial charge >= 0.3 is 6.18 Å². The number of likely N-dealkylation sites (N-methyl/N-ethyl adjacent to an activating group) is 1. The Morgan fingerprint density at radius 2 is 2.04 bits per heavy atom. The number of halogens is 4. The van der Waals surface area contributed by atoms with Crippen molar-refractivity contribution in [2.24, 2.45) is 4.99 Å². The first-order valence-corrected chi connectivity index (χ1v) is 7.76. The van der Waals surface area contributed by atoms with Gasteiger partial charge in [0.1, 0.15) is 0 Å². The van der Waals surface area contributed by atoms with Crippen LogP contribution in [0.1, 0.15) is 11.4 Å². The Morgan fingerprint density at radius 1 is 1.35 bits per heavy atom. The average molecular weight is 392 g/mol. The maximum atomic E-state index is 13.0. The van der Waals surface area contributed by atoms with Gasteiger partial charge in [-0.2, -0.15) is 13.2 Å². The van der Waals surface area contributed by atoms with E-state index in [1.807, 2.05) is 0 Å². The molecule has 0 bridgehead atoms. The smallest absolute Gasteiger partial charge is 0.349 e. The summed E-state index contributed by atoms with van der Waals surface area (Å²) in [6.45, 7) is 0.0337. The minimum Gasteiger partial charge on any atom is -0.349 e. The number of nitrogens with zero attached hydrogens (tertiary/aromatic N) is 5. The number of guanidine groups is 1. The zero-order valence-corrected chi connectivity index (χ0v) is 15.0. The third kappa shape index (κ3) is 4.54. The topological polar surface area (TPSA) is 86.9 Å². The van der Waals surface area contributed by atoms with Gasteiger partial charge in [-0.3, -0.25) is 14.2 Å². The van der Waals surface area contributed by atoms with Gasteiger partial charge in [0.25, 0.3) is 0 Å². The Bertz CT molecular complexity index is 832. The highest BCUT2D eigenvalue weighted by atomic mass is 35.5. The highest BCUT2D eigenvalue weighted by Crippen LogP contribution is 2.32. The Morgan fingerprint density at radius 3 is 2.62 bits per heavy atom. The lowest BCUT2D eigenvalue weighted by atomic mass is 10.3. The first-order chi connectivity index (χ1) is 12.1. The number of nitrogens with one attached hydrogen (secondary N) is 2. The number of amides is 1. The molecule has 0 spiro atoms. The number of rotatable bonds is 4. The maximum absolute atomic E-state index is 13.0. The molecule has 142 valence electrons. The van der Waals surface area contributed by atoms with Crippen LogP contribution in [-0.2, 0) is 17.5 Å².